The molecule has 0 aromatic heterocycles. The second-order valence-corrected chi connectivity index (χ2v) is 4.46. The summed E-state index contributed by atoms with van der Waals surface area (Å²) in [7, 11) is 0. The molecule has 0 fully saturated rings. The van der Waals surface area contributed by atoms with E-state index in [4.69, 9.17) is 0 Å². The molecule has 0 rings (SSSR count). The van der Waals surface area contributed by atoms with Gasteiger partial charge in [-0.25, -0.2) is 0 Å². The summed E-state index contributed by atoms with van der Waals surface area (Å²) in [5, 5.41) is 0. The van der Waals surface area contributed by atoms with Gasteiger partial charge in [0.2, 0.25) is 0 Å². The van der Waals surface area contributed by atoms with Crippen LogP contribution in [0.15, 0.2) is 4.99 Å². The molecule has 0 heterocycles. The average Bonchev–Trinajstić information content (AvgIpc) is 1.85. The number of nitrogens with zero attached hydrogens (tertiary/aromatic N) is 1. The Hall–Kier alpha value is 0.0200. The fourth-order valence-corrected chi connectivity index (χ4v) is 1.29. The Morgan fingerprint density at radius 1 is 1.36 bits per heavy atom. The highest BCUT2D eigenvalue weighted by Crippen LogP contribution is 2.08. The monoisotopic (exact) mass is 172 g/mol. The molecule has 65 valence electrons. The van der Waals surface area contributed by atoms with Gasteiger partial charge in [0.05, 0.1) is 5.54 Å². The Morgan fingerprint density at radius 3 is 2.45 bits per heavy atom. The minimum atomic E-state index is 0.0409. The Bertz CT molecular complexity index is 113. The topological polar surface area (TPSA) is 12.4 Å². The molecule has 0 aliphatic rings. The van der Waals surface area contributed by atoms with Crippen LogP contribution in [0.1, 0.15) is 40.5 Å². The molecule has 0 unspecified atom stereocenters. The maximum absolute atomic E-state index is 4.24. The minimum Gasteiger partial charge on any atom is -0.270 e. The van der Waals surface area contributed by atoms with Gasteiger partial charge in [-0.3, -0.25) is 4.99 Å². The molecule has 0 atom stereocenters. The van der Waals surface area contributed by atoms with E-state index in [2.05, 4.69) is 38.2 Å². The van der Waals surface area contributed by atoms with Crippen molar-refractivity contribution in [2.75, 3.05) is 5.75 Å². The highest BCUT2D eigenvalue weighted by molar-refractivity contribution is 8.12. The third kappa shape index (κ3) is 10.0. The lowest BCUT2D eigenvalue weighted by molar-refractivity contribution is 0.588. The Kier molecular flexibility index (Phi) is 5.65. The van der Waals surface area contributed by atoms with Crippen LogP contribution < -0.4 is 0 Å². The van der Waals surface area contributed by atoms with Crippen molar-refractivity contribution in [2.24, 2.45) is 4.99 Å². The van der Waals surface area contributed by atoms with Gasteiger partial charge in [-0.1, -0.05) is 13.3 Å². The molecule has 0 aromatic rings. The summed E-state index contributed by atoms with van der Waals surface area (Å²) in [6.07, 6.45) is 2.52. The maximum atomic E-state index is 4.24. The number of hydrogen-bond acceptors (Lipinski definition) is 2. The van der Waals surface area contributed by atoms with Crippen LogP contribution in [0.25, 0.3) is 0 Å². The summed E-state index contributed by atoms with van der Waals surface area (Å²) in [6, 6.07) is 0. The van der Waals surface area contributed by atoms with E-state index in [9.17, 15) is 0 Å². The molecular weight excluding hydrogens is 154 g/mol. The van der Waals surface area contributed by atoms with Crippen molar-refractivity contribution >= 4 is 17.3 Å². The van der Waals surface area contributed by atoms with Crippen molar-refractivity contribution in [3.05, 3.63) is 0 Å². The third-order valence-corrected chi connectivity index (χ3v) is 1.76. The molecule has 0 N–H and O–H groups in total. The molecular formula is C9H18NS. The van der Waals surface area contributed by atoms with Gasteiger partial charge in [0.15, 0.2) is 0 Å². The minimum absolute atomic E-state index is 0.0409. The van der Waals surface area contributed by atoms with Crippen LogP contribution in [0.3, 0.4) is 0 Å². The normalized spacial score (nSPS) is 12.7. The first-order chi connectivity index (χ1) is 5.06. The zero-order chi connectivity index (χ0) is 8.74. The molecule has 1 nitrogen and oxygen atoms in total. The molecule has 0 spiro atoms. The van der Waals surface area contributed by atoms with Gasteiger partial charge in [-0.2, -0.15) is 0 Å². The van der Waals surface area contributed by atoms with Crippen LogP contribution in [0.2, 0.25) is 0 Å². The van der Waals surface area contributed by atoms with Crippen molar-refractivity contribution in [3.63, 3.8) is 0 Å². The van der Waals surface area contributed by atoms with Gasteiger partial charge in [-0.15, -0.1) is 11.8 Å². The average molecular weight is 172 g/mol. The van der Waals surface area contributed by atoms with Gasteiger partial charge in [0, 0.05) is 0 Å². The lowest BCUT2D eigenvalue weighted by Gasteiger charge is -2.09. The lowest BCUT2D eigenvalue weighted by atomic mass is 10.1. The Morgan fingerprint density at radius 2 is 2.00 bits per heavy atom. The van der Waals surface area contributed by atoms with E-state index in [0.717, 1.165) is 5.75 Å². The van der Waals surface area contributed by atoms with E-state index >= 15 is 0 Å². The molecule has 0 saturated heterocycles. The molecule has 0 bridgehead atoms. The fourth-order valence-electron chi connectivity index (χ4n) is 0.431. The first-order valence-electron chi connectivity index (χ1n) is 4.15. The fraction of sp³-hybridized carbons (Fsp3) is 0.889. The standard InChI is InChI=1S/C9H18NS/c1-5-6-7-11-8-10-9(2,3)4/h5-7H2,1-4H3. The summed E-state index contributed by atoms with van der Waals surface area (Å²) >= 11 is 1.69. The highest BCUT2D eigenvalue weighted by Gasteiger charge is 2.04. The second-order valence-electron chi connectivity index (χ2n) is 3.58. The summed E-state index contributed by atoms with van der Waals surface area (Å²) < 4.78 is 0. The smallest absolute Gasteiger partial charge is 0.123 e. The molecule has 0 aromatic carbocycles. The van der Waals surface area contributed by atoms with Gasteiger partial charge < -0.3 is 0 Å². The second kappa shape index (κ2) is 5.64. The molecule has 0 aliphatic heterocycles. The predicted octanol–water partition coefficient (Wildman–Crippen LogP) is 3.22. The molecule has 0 amide bonds. The van der Waals surface area contributed by atoms with E-state index in [-0.39, 0.29) is 5.54 Å². The van der Waals surface area contributed by atoms with Crippen LogP contribution in [-0.2, 0) is 0 Å². The zero-order valence-corrected chi connectivity index (χ0v) is 8.79. The van der Waals surface area contributed by atoms with E-state index in [1.807, 2.05) is 0 Å². The van der Waals surface area contributed by atoms with Gasteiger partial charge in [0.1, 0.15) is 5.55 Å². The summed E-state index contributed by atoms with van der Waals surface area (Å²) in [5.41, 5.74) is 3.04. The molecule has 0 aliphatic carbocycles. The van der Waals surface area contributed by atoms with E-state index in [0.29, 0.717) is 0 Å². The van der Waals surface area contributed by atoms with Gasteiger partial charge in [-0.05, 0) is 32.9 Å². The van der Waals surface area contributed by atoms with Crippen molar-refractivity contribution < 1.29 is 0 Å². The summed E-state index contributed by atoms with van der Waals surface area (Å²) in [4.78, 5) is 4.24. The van der Waals surface area contributed by atoms with Crippen molar-refractivity contribution in [3.8, 4) is 0 Å². The number of unbranched alkanes of at least 4 members (excludes halogenated alkanes) is 1. The van der Waals surface area contributed by atoms with Crippen molar-refractivity contribution in [1.29, 1.82) is 0 Å². The Balaban J connectivity index is 3.30. The maximum Gasteiger partial charge on any atom is 0.123 e. The molecule has 2 heteroatoms. The van der Waals surface area contributed by atoms with Crippen LogP contribution in [-0.4, -0.2) is 16.8 Å². The van der Waals surface area contributed by atoms with E-state index in [1.54, 1.807) is 11.8 Å². The molecule has 1 radical (unpaired) electrons. The highest BCUT2D eigenvalue weighted by atomic mass is 32.2. The summed E-state index contributed by atoms with van der Waals surface area (Å²) in [5.74, 6) is 1.15. The van der Waals surface area contributed by atoms with Crippen molar-refractivity contribution in [1.82, 2.24) is 0 Å². The van der Waals surface area contributed by atoms with Crippen LogP contribution in [0.5, 0.6) is 0 Å². The number of aliphatic imine (C=N–C) groups is 1. The Labute approximate surface area is 74.7 Å². The first kappa shape index (κ1) is 11.0. The van der Waals surface area contributed by atoms with Crippen LogP contribution in [0.4, 0.5) is 0 Å². The number of hydrogen-bond donors (Lipinski definition) is 0. The largest absolute Gasteiger partial charge is 0.270 e. The number of rotatable bonds is 4. The lowest BCUT2D eigenvalue weighted by Crippen LogP contribution is -2.08. The predicted molar refractivity (Wildman–Crippen MR) is 54.6 cm³/mol. The van der Waals surface area contributed by atoms with Crippen LogP contribution in [0, 0.1) is 0 Å². The van der Waals surface area contributed by atoms with Crippen molar-refractivity contribution in [2.45, 2.75) is 46.1 Å². The van der Waals surface area contributed by atoms with Gasteiger partial charge >= 0.3 is 0 Å². The van der Waals surface area contributed by atoms with E-state index in [1.165, 1.54) is 12.8 Å². The SMILES string of the molecule is CCCCS[C]=NC(C)(C)C. The first-order valence-corrected chi connectivity index (χ1v) is 5.13. The molecule has 0 saturated carbocycles. The number of thioether (sulfide) groups is 1. The summed E-state index contributed by atoms with van der Waals surface area (Å²) in [6.45, 7) is 8.45. The third-order valence-electron chi connectivity index (χ3n) is 1.05. The quantitative estimate of drug-likeness (QED) is 0.360. The zero-order valence-electron chi connectivity index (χ0n) is 7.98. The van der Waals surface area contributed by atoms with Gasteiger partial charge in [0.25, 0.3) is 0 Å². The van der Waals surface area contributed by atoms with E-state index < -0.39 is 0 Å². The van der Waals surface area contributed by atoms with Crippen LogP contribution >= 0.6 is 11.8 Å². The molecule has 11 heavy (non-hydrogen) atoms.